The van der Waals surface area contributed by atoms with Crippen LogP contribution in [0.3, 0.4) is 0 Å². The Morgan fingerprint density at radius 3 is 2.42 bits per heavy atom. The van der Waals surface area contributed by atoms with Crippen molar-refractivity contribution in [3.05, 3.63) is 106 Å². The number of Topliss-reactive ketones (excluding diaryl/α,β-unsaturated/α-hetero) is 1. The number of hydrogen-bond acceptors (Lipinski definition) is 4. The highest BCUT2D eigenvalue weighted by Gasteiger charge is 2.47. The van der Waals surface area contributed by atoms with E-state index in [2.05, 4.69) is 0 Å². The minimum Gasteiger partial charge on any atom is -0.507 e. The Morgan fingerprint density at radius 2 is 1.76 bits per heavy atom. The van der Waals surface area contributed by atoms with E-state index in [4.69, 9.17) is 16.3 Å². The summed E-state index contributed by atoms with van der Waals surface area (Å²) < 4.78 is 33.3. The number of hydrogen-bond donors (Lipinski definition) is 1. The monoisotopic (exact) mass is 469 g/mol. The van der Waals surface area contributed by atoms with Crippen molar-refractivity contribution in [1.29, 1.82) is 0 Å². The van der Waals surface area contributed by atoms with Gasteiger partial charge in [0.25, 0.3) is 11.7 Å². The number of ether oxygens (including phenoxy) is 1. The van der Waals surface area contributed by atoms with Crippen molar-refractivity contribution in [2.24, 2.45) is 0 Å². The summed E-state index contributed by atoms with van der Waals surface area (Å²) in [6, 6.07) is 14.3. The molecule has 168 valence electrons. The number of likely N-dealkylation sites (tertiary alicyclic amines) is 1. The molecular weight excluding hydrogens is 452 g/mol. The van der Waals surface area contributed by atoms with Gasteiger partial charge in [-0.25, -0.2) is 8.78 Å². The van der Waals surface area contributed by atoms with Gasteiger partial charge in [-0.1, -0.05) is 41.9 Å². The van der Waals surface area contributed by atoms with E-state index in [9.17, 15) is 23.5 Å². The summed E-state index contributed by atoms with van der Waals surface area (Å²) in [7, 11) is 1.39. The number of rotatable bonds is 5. The minimum absolute atomic E-state index is 0.0429. The molecule has 0 aliphatic carbocycles. The number of benzene rings is 3. The molecule has 0 radical (unpaired) electrons. The number of carbonyl (C=O) groups is 2. The third kappa shape index (κ3) is 4.19. The van der Waals surface area contributed by atoms with E-state index < -0.39 is 35.1 Å². The van der Waals surface area contributed by atoms with Gasteiger partial charge >= 0.3 is 0 Å². The lowest BCUT2D eigenvalue weighted by molar-refractivity contribution is -0.140. The van der Waals surface area contributed by atoms with Gasteiger partial charge in [-0.15, -0.1) is 0 Å². The second-order valence-corrected chi connectivity index (χ2v) is 7.83. The molecule has 5 nitrogen and oxygen atoms in total. The van der Waals surface area contributed by atoms with Crippen molar-refractivity contribution in [2.75, 3.05) is 7.11 Å². The van der Waals surface area contributed by atoms with Crippen LogP contribution in [0.2, 0.25) is 5.02 Å². The summed E-state index contributed by atoms with van der Waals surface area (Å²) in [4.78, 5) is 27.2. The van der Waals surface area contributed by atoms with Crippen LogP contribution in [-0.4, -0.2) is 28.8 Å². The highest BCUT2D eigenvalue weighted by molar-refractivity contribution is 6.46. The normalized spacial score (nSPS) is 17.5. The van der Waals surface area contributed by atoms with E-state index in [1.54, 1.807) is 6.07 Å². The Morgan fingerprint density at radius 1 is 1.06 bits per heavy atom. The van der Waals surface area contributed by atoms with Crippen molar-refractivity contribution >= 4 is 29.1 Å². The number of amides is 1. The number of carbonyl (C=O) groups excluding carboxylic acids is 2. The molecule has 33 heavy (non-hydrogen) atoms. The van der Waals surface area contributed by atoms with E-state index in [1.807, 2.05) is 0 Å². The van der Waals surface area contributed by atoms with Gasteiger partial charge in [-0.05, 0) is 42.0 Å². The second kappa shape index (κ2) is 9.03. The third-order valence-corrected chi connectivity index (χ3v) is 5.74. The topological polar surface area (TPSA) is 66.8 Å². The third-order valence-electron chi connectivity index (χ3n) is 5.43. The highest BCUT2D eigenvalue weighted by Crippen LogP contribution is 2.41. The number of aliphatic hydroxyl groups excluding tert-OH is 1. The van der Waals surface area contributed by atoms with Gasteiger partial charge in [-0.3, -0.25) is 9.59 Å². The van der Waals surface area contributed by atoms with Gasteiger partial charge in [0, 0.05) is 17.7 Å². The van der Waals surface area contributed by atoms with Crippen LogP contribution >= 0.6 is 11.6 Å². The Kier molecular flexibility index (Phi) is 6.16. The van der Waals surface area contributed by atoms with E-state index in [0.29, 0.717) is 5.56 Å². The van der Waals surface area contributed by atoms with Crippen LogP contribution in [0.25, 0.3) is 5.76 Å². The van der Waals surface area contributed by atoms with E-state index in [1.165, 1.54) is 67.8 Å². The Balaban J connectivity index is 1.88. The van der Waals surface area contributed by atoms with Crippen molar-refractivity contribution in [2.45, 2.75) is 12.6 Å². The first-order valence-corrected chi connectivity index (χ1v) is 10.3. The molecule has 8 heteroatoms. The summed E-state index contributed by atoms with van der Waals surface area (Å²) in [5.74, 6) is -3.20. The molecule has 0 spiro atoms. The van der Waals surface area contributed by atoms with Gasteiger partial charge < -0.3 is 14.7 Å². The summed E-state index contributed by atoms with van der Waals surface area (Å²) in [6.45, 7) is -0.0927. The van der Waals surface area contributed by atoms with Gasteiger partial charge in [0.2, 0.25) is 0 Å². The molecule has 1 aliphatic rings. The van der Waals surface area contributed by atoms with Gasteiger partial charge in [0.05, 0.1) is 23.7 Å². The summed E-state index contributed by atoms with van der Waals surface area (Å²) in [5, 5.41) is 11.4. The van der Waals surface area contributed by atoms with E-state index in [0.717, 1.165) is 4.90 Å². The molecule has 1 N–H and O–H groups in total. The zero-order chi connectivity index (χ0) is 23.7. The first kappa shape index (κ1) is 22.5. The highest BCUT2D eigenvalue weighted by atomic mass is 35.5. The molecule has 1 fully saturated rings. The SMILES string of the molecule is COc1cc(/C(O)=C2\C(=O)C(=O)N(Cc3ccc(F)cc3)C2c2ccccc2F)ccc1Cl. The zero-order valence-corrected chi connectivity index (χ0v) is 18.1. The Bertz CT molecular complexity index is 1270. The quantitative estimate of drug-likeness (QED) is 0.315. The second-order valence-electron chi connectivity index (χ2n) is 7.42. The first-order valence-electron chi connectivity index (χ1n) is 9.93. The van der Waals surface area contributed by atoms with Crippen LogP contribution in [0.4, 0.5) is 8.78 Å². The fourth-order valence-corrected chi connectivity index (χ4v) is 4.01. The van der Waals surface area contributed by atoms with Crippen LogP contribution in [0.1, 0.15) is 22.7 Å². The van der Waals surface area contributed by atoms with Crippen LogP contribution in [-0.2, 0) is 16.1 Å². The fourth-order valence-electron chi connectivity index (χ4n) is 3.81. The van der Waals surface area contributed by atoms with Crippen molar-refractivity contribution in [3.8, 4) is 5.75 Å². The lowest BCUT2D eigenvalue weighted by atomic mass is 9.94. The van der Waals surface area contributed by atoms with Crippen molar-refractivity contribution < 1.29 is 28.2 Å². The Hall–Kier alpha value is -3.71. The average Bonchev–Trinajstić information content (AvgIpc) is 3.05. The molecule has 1 aliphatic heterocycles. The van der Waals surface area contributed by atoms with Gasteiger partial charge in [0.1, 0.15) is 23.1 Å². The molecular formula is C25H18ClF2NO4. The summed E-state index contributed by atoms with van der Waals surface area (Å²) in [5.41, 5.74) is 0.489. The maximum absolute atomic E-state index is 14.8. The predicted octanol–water partition coefficient (Wildman–Crippen LogP) is 5.25. The molecule has 1 atom stereocenters. The van der Waals surface area contributed by atoms with Crippen molar-refractivity contribution in [1.82, 2.24) is 4.90 Å². The molecule has 1 heterocycles. The maximum atomic E-state index is 14.8. The molecule has 0 bridgehead atoms. The molecule has 1 saturated heterocycles. The number of halogens is 3. The molecule has 1 amide bonds. The lowest BCUT2D eigenvalue weighted by Gasteiger charge is -2.25. The zero-order valence-electron chi connectivity index (χ0n) is 17.4. The smallest absolute Gasteiger partial charge is 0.295 e. The van der Waals surface area contributed by atoms with Crippen LogP contribution in [0.5, 0.6) is 5.75 Å². The van der Waals surface area contributed by atoms with Crippen LogP contribution < -0.4 is 4.74 Å². The average molecular weight is 470 g/mol. The largest absolute Gasteiger partial charge is 0.507 e. The van der Waals surface area contributed by atoms with E-state index in [-0.39, 0.29) is 34.0 Å². The number of methoxy groups -OCH3 is 1. The molecule has 1 unspecified atom stereocenters. The first-order chi connectivity index (χ1) is 15.8. The van der Waals surface area contributed by atoms with Gasteiger partial charge in [-0.2, -0.15) is 0 Å². The number of nitrogens with zero attached hydrogens (tertiary/aromatic N) is 1. The molecule has 0 saturated carbocycles. The van der Waals surface area contributed by atoms with Crippen molar-refractivity contribution in [3.63, 3.8) is 0 Å². The van der Waals surface area contributed by atoms with Crippen LogP contribution in [0, 0.1) is 11.6 Å². The maximum Gasteiger partial charge on any atom is 0.295 e. The van der Waals surface area contributed by atoms with E-state index >= 15 is 0 Å². The summed E-state index contributed by atoms with van der Waals surface area (Å²) >= 11 is 6.05. The molecule has 3 aromatic carbocycles. The minimum atomic E-state index is -1.20. The lowest BCUT2D eigenvalue weighted by Crippen LogP contribution is -2.29. The molecule has 4 rings (SSSR count). The summed E-state index contributed by atoms with van der Waals surface area (Å²) in [6.07, 6.45) is 0. The van der Waals surface area contributed by atoms with Crippen LogP contribution in [0.15, 0.2) is 72.3 Å². The van der Waals surface area contributed by atoms with Gasteiger partial charge in [0.15, 0.2) is 0 Å². The standard InChI is InChI=1S/C25H18ClF2NO4/c1-33-20-12-15(8-11-18(20)26)23(30)21-22(17-4-2-3-5-19(17)28)29(25(32)24(21)31)13-14-6-9-16(27)10-7-14/h2-12,22,30H,13H2,1H3/b23-21+. The molecule has 0 aromatic heterocycles. The Labute approximate surface area is 193 Å². The fraction of sp³-hybridized carbons (Fsp3) is 0.120. The number of aliphatic hydroxyl groups is 1. The number of ketones is 1. The molecule has 3 aromatic rings. The predicted molar refractivity (Wildman–Crippen MR) is 119 cm³/mol.